The van der Waals surface area contributed by atoms with Crippen LogP contribution in [0.3, 0.4) is 0 Å². The van der Waals surface area contributed by atoms with Gasteiger partial charge in [0.25, 0.3) is 0 Å². The highest BCUT2D eigenvalue weighted by Gasteiger charge is 2.26. The van der Waals surface area contributed by atoms with E-state index in [0.29, 0.717) is 29.3 Å². The van der Waals surface area contributed by atoms with E-state index in [1.54, 1.807) is 12.1 Å². The zero-order valence-electron chi connectivity index (χ0n) is 16.0. The molecule has 1 saturated heterocycles. The number of nitrogens with one attached hydrogen (secondary N) is 2. The first-order valence-electron chi connectivity index (χ1n) is 9.30. The van der Waals surface area contributed by atoms with Crippen LogP contribution < -0.4 is 21.3 Å². The lowest BCUT2D eigenvalue weighted by Gasteiger charge is -2.20. The Labute approximate surface area is 172 Å². The van der Waals surface area contributed by atoms with Crippen molar-refractivity contribution in [1.82, 2.24) is 19.9 Å². The Bertz CT molecular complexity index is 1150. The number of anilines is 4. The molecular weight excluding hydrogens is 382 g/mol. The van der Waals surface area contributed by atoms with Crippen LogP contribution in [0.2, 0.25) is 0 Å². The SMILES string of the molecule is C=CC(=O)Nc1ccc2c(N3CC[C@@H](Nc4ncc(C#N)cn4)C3)nc(N)nc2c1. The van der Waals surface area contributed by atoms with Gasteiger partial charge in [0, 0.05) is 30.2 Å². The second kappa shape index (κ2) is 8.00. The van der Waals surface area contributed by atoms with Crippen LogP contribution in [0.25, 0.3) is 10.9 Å². The molecule has 2 aromatic heterocycles. The molecule has 1 fully saturated rings. The smallest absolute Gasteiger partial charge is 0.247 e. The summed E-state index contributed by atoms with van der Waals surface area (Å²) >= 11 is 0. The first-order valence-corrected chi connectivity index (χ1v) is 9.30. The molecule has 4 N–H and O–H groups in total. The number of amides is 1. The minimum atomic E-state index is -0.296. The fourth-order valence-corrected chi connectivity index (χ4v) is 3.36. The van der Waals surface area contributed by atoms with E-state index < -0.39 is 0 Å². The van der Waals surface area contributed by atoms with Gasteiger partial charge in [0.1, 0.15) is 11.9 Å². The van der Waals surface area contributed by atoms with Gasteiger partial charge in [-0.3, -0.25) is 4.79 Å². The summed E-state index contributed by atoms with van der Waals surface area (Å²) in [5, 5.41) is 15.7. The quantitative estimate of drug-likeness (QED) is 0.543. The molecule has 150 valence electrons. The van der Waals surface area contributed by atoms with Gasteiger partial charge in [0.2, 0.25) is 17.8 Å². The normalized spacial score (nSPS) is 15.6. The lowest BCUT2D eigenvalue weighted by atomic mass is 10.2. The van der Waals surface area contributed by atoms with E-state index in [2.05, 4.69) is 42.0 Å². The van der Waals surface area contributed by atoms with Crippen molar-refractivity contribution in [2.45, 2.75) is 12.5 Å². The van der Waals surface area contributed by atoms with E-state index in [1.807, 2.05) is 12.1 Å². The van der Waals surface area contributed by atoms with Gasteiger partial charge < -0.3 is 21.3 Å². The second-order valence-corrected chi connectivity index (χ2v) is 6.81. The van der Waals surface area contributed by atoms with E-state index in [0.717, 1.165) is 24.2 Å². The van der Waals surface area contributed by atoms with Crippen LogP contribution in [-0.2, 0) is 4.79 Å². The van der Waals surface area contributed by atoms with Gasteiger partial charge in [-0.15, -0.1) is 0 Å². The number of nitrogens with zero attached hydrogens (tertiary/aromatic N) is 6. The Hall–Kier alpha value is -4.26. The van der Waals surface area contributed by atoms with Crippen molar-refractivity contribution >= 4 is 40.2 Å². The van der Waals surface area contributed by atoms with Crippen molar-refractivity contribution in [3.05, 3.63) is 48.8 Å². The predicted octanol–water partition coefficient (Wildman–Crippen LogP) is 1.69. The molecule has 0 bridgehead atoms. The molecular formula is C20H19N9O. The highest BCUT2D eigenvalue weighted by Crippen LogP contribution is 2.29. The monoisotopic (exact) mass is 401 g/mol. The molecule has 10 heteroatoms. The lowest BCUT2D eigenvalue weighted by molar-refractivity contribution is -0.111. The summed E-state index contributed by atoms with van der Waals surface area (Å²) in [6.45, 7) is 4.91. The van der Waals surface area contributed by atoms with Crippen molar-refractivity contribution in [3.63, 3.8) is 0 Å². The maximum atomic E-state index is 11.6. The zero-order chi connectivity index (χ0) is 21.1. The van der Waals surface area contributed by atoms with Gasteiger partial charge in [0.05, 0.1) is 23.5 Å². The van der Waals surface area contributed by atoms with Crippen LogP contribution in [0.1, 0.15) is 12.0 Å². The standard InChI is InChI=1S/C20H19N9O/c1-2-17(30)25-13-3-4-15-16(7-13)27-19(22)28-18(15)29-6-5-14(11-29)26-20-23-9-12(8-21)10-24-20/h2-4,7,9-10,14H,1,5-6,11H2,(H,25,30)(H2,22,27,28)(H,23,24,26)/t14-/m1/s1. The molecule has 3 aromatic rings. The Morgan fingerprint density at radius 3 is 2.87 bits per heavy atom. The first-order chi connectivity index (χ1) is 14.6. The van der Waals surface area contributed by atoms with Gasteiger partial charge in [-0.1, -0.05) is 6.58 Å². The van der Waals surface area contributed by atoms with E-state index in [4.69, 9.17) is 11.0 Å². The van der Waals surface area contributed by atoms with Crippen LogP contribution in [0.15, 0.2) is 43.2 Å². The number of benzene rings is 1. The van der Waals surface area contributed by atoms with Crippen LogP contribution in [0.5, 0.6) is 0 Å². The number of nitriles is 1. The molecule has 1 amide bonds. The minimum absolute atomic E-state index is 0.121. The average Bonchev–Trinajstić information content (AvgIpc) is 3.21. The van der Waals surface area contributed by atoms with Crippen LogP contribution >= 0.6 is 0 Å². The van der Waals surface area contributed by atoms with E-state index in [9.17, 15) is 4.79 Å². The Kier molecular flexibility index (Phi) is 5.09. The van der Waals surface area contributed by atoms with E-state index in [-0.39, 0.29) is 17.9 Å². The number of carbonyl (C=O) groups excluding carboxylic acids is 1. The Balaban J connectivity index is 1.54. The average molecular weight is 401 g/mol. The number of hydrogen-bond acceptors (Lipinski definition) is 9. The third kappa shape index (κ3) is 3.95. The lowest BCUT2D eigenvalue weighted by Crippen LogP contribution is -2.27. The Morgan fingerprint density at radius 2 is 2.13 bits per heavy atom. The molecule has 10 nitrogen and oxygen atoms in total. The highest BCUT2D eigenvalue weighted by atomic mass is 16.1. The van der Waals surface area contributed by atoms with Gasteiger partial charge in [-0.2, -0.15) is 10.2 Å². The summed E-state index contributed by atoms with van der Waals surface area (Å²) in [4.78, 5) is 30.8. The Morgan fingerprint density at radius 1 is 1.33 bits per heavy atom. The molecule has 30 heavy (non-hydrogen) atoms. The third-order valence-electron chi connectivity index (χ3n) is 4.75. The number of rotatable bonds is 5. The number of aromatic nitrogens is 4. The number of fused-ring (bicyclic) bond motifs is 1. The summed E-state index contributed by atoms with van der Waals surface area (Å²) in [5.41, 5.74) is 7.61. The van der Waals surface area contributed by atoms with Crippen LogP contribution in [0, 0.1) is 11.3 Å². The van der Waals surface area contributed by atoms with Crippen molar-refractivity contribution in [2.24, 2.45) is 0 Å². The zero-order valence-corrected chi connectivity index (χ0v) is 16.0. The molecule has 0 spiro atoms. The molecule has 1 aliphatic heterocycles. The molecule has 0 saturated carbocycles. The summed E-state index contributed by atoms with van der Waals surface area (Å²) in [5.74, 6) is 1.09. The molecule has 0 radical (unpaired) electrons. The highest BCUT2D eigenvalue weighted by molar-refractivity contribution is 6.01. The number of nitrogen functional groups attached to an aromatic ring is 1. The molecule has 1 atom stereocenters. The molecule has 1 aliphatic rings. The van der Waals surface area contributed by atoms with Crippen LogP contribution in [-0.4, -0.2) is 45.0 Å². The number of carbonyl (C=O) groups is 1. The van der Waals surface area contributed by atoms with Crippen molar-refractivity contribution in [1.29, 1.82) is 5.26 Å². The summed E-state index contributed by atoms with van der Waals surface area (Å²) in [7, 11) is 0. The van der Waals surface area contributed by atoms with Crippen molar-refractivity contribution < 1.29 is 4.79 Å². The maximum absolute atomic E-state index is 11.6. The fraction of sp³-hybridized carbons (Fsp3) is 0.200. The van der Waals surface area contributed by atoms with Gasteiger partial charge >= 0.3 is 0 Å². The predicted molar refractivity (Wildman–Crippen MR) is 114 cm³/mol. The molecule has 4 rings (SSSR count). The summed E-state index contributed by atoms with van der Waals surface area (Å²) in [6.07, 6.45) is 5.05. The van der Waals surface area contributed by atoms with E-state index >= 15 is 0 Å². The number of nitrogens with two attached hydrogens (primary N) is 1. The largest absolute Gasteiger partial charge is 0.368 e. The first kappa shape index (κ1) is 19.1. The van der Waals surface area contributed by atoms with Crippen LogP contribution in [0.4, 0.5) is 23.4 Å². The van der Waals surface area contributed by atoms with Crippen molar-refractivity contribution in [2.75, 3.05) is 34.4 Å². The van der Waals surface area contributed by atoms with Gasteiger partial charge in [-0.25, -0.2) is 15.0 Å². The molecule has 1 aromatic carbocycles. The fourth-order valence-electron chi connectivity index (χ4n) is 3.36. The third-order valence-corrected chi connectivity index (χ3v) is 4.75. The molecule has 0 unspecified atom stereocenters. The maximum Gasteiger partial charge on any atom is 0.247 e. The second-order valence-electron chi connectivity index (χ2n) is 6.81. The van der Waals surface area contributed by atoms with Gasteiger partial charge in [-0.05, 0) is 30.7 Å². The molecule has 0 aliphatic carbocycles. The summed E-state index contributed by atoms with van der Waals surface area (Å²) in [6, 6.07) is 7.54. The van der Waals surface area contributed by atoms with Crippen molar-refractivity contribution in [3.8, 4) is 6.07 Å². The summed E-state index contributed by atoms with van der Waals surface area (Å²) < 4.78 is 0. The van der Waals surface area contributed by atoms with E-state index in [1.165, 1.54) is 18.5 Å². The number of hydrogen-bond donors (Lipinski definition) is 3. The molecule has 3 heterocycles. The van der Waals surface area contributed by atoms with Gasteiger partial charge in [0.15, 0.2) is 0 Å². The topological polar surface area (TPSA) is 146 Å². The minimum Gasteiger partial charge on any atom is -0.368 e.